The van der Waals surface area contributed by atoms with Crippen LogP contribution in [0.4, 0.5) is 0 Å². The predicted molar refractivity (Wildman–Crippen MR) is 131 cm³/mol. The molecule has 0 bridgehead atoms. The summed E-state index contributed by atoms with van der Waals surface area (Å²) in [6, 6.07) is 16.3. The summed E-state index contributed by atoms with van der Waals surface area (Å²) in [6.45, 7) is 0.614. The van der Waals surface area contributed by atoms with Crippen LogP contribution in [0.2, 0.25) is 0 Å². The maximum absolute atomic E-state index is 13.1. The Labute approximate surface area is 203 Å². The number of nitrogens with zero attached hydrogens (tertiary/aromatic N) is 2. The standard InChI is InChI=1S/C28H28N2O5/c31-25(19-8-9-19)30(17-28(27(34)35)13-3-4-14-28)16-18-7-11-23-20(15-18)10-12-24(29-23)21-5-1-2-6-22(21)26(32)33/h1-2,5-7,10-12,15,19H,3-4,8-9,13-14,16-17H2,(H,32,33)(H,34,35). The van der Waals surface area contributed by atoms with E-state index in [1.165, 1.54) is 0 Å². The first kappa shape index (κ1) is 23.0. The van der Waals surface area contributed by atoms with Crippen LogP contribution in [0.25, 0.3) is 22.2 Å². The third-order valence-electron chi connectivity index (χ3n) is 7.31. The summed E-state index contributed by atoms with van der Waals surface area (Å²) in [4.78, 5) is 43.2. The summed E-state index contributed by atoms with van der Waals surface area (Å²) in [6.07, 6.45) is 4.73. The zero-order valence-corrected chi connectivity index (χ0v) is 19.4. The van der Waals surface area contributed by atoms with Crippen LogP contribution in [-0.4, -0.2) is 44.5 Å². The lowest BCUT2D eigenvalue weighted by Gasteiger charge is -2.32. The summed E-state index contributed by atoms with van der Waals surface area (Å²) >= 11 is 0. The van der Waals surface area contributed by atoms with E-state index in [0.717, 1.165) is 42.1 Å². The van der Waals surface area contributed by atoms with E-state index in [9.17, 15) is 24.6 Å². The van der Waals surface area contributed by atoms with Crippen molar-refractivity contribution >= 4 is 28.7 Å². The average Bonchev–Trinajstić information content (AvgIpc) is 3.60. The fourth-order valence-corrected chi connectivity index (χ4v) is 5.19. The smallest absolute Gasteiger partial charge is 0.336 e. The third-order valence-corrected chi connectivity index (χ3v) is 7.31. The van der Waals surface area contributed by atoms with Gasteiger partial charge in [-0.05, 0) is 55.5 Å². The lowest BCUT2D eigenvalue weighted by molar-refractivity contribution is -0.152. The Balaban J connectivity index is 1.42. The van der Waals surface area contributed by atoms with Gasteiger partial charge in [-0.1, -0.05) is 43.2 Å². The Morgan fingerprint density at radius 3 is 2.40 bits per heavy atom. The summed E-state index contributed by atoms with van der Waals surface area (Å²) < 4.78 is 0. The number of carboxylic acids is 2. The number of aliphatic carboxylic acids is 1. The quantitative estimate of drug-likeness (QED) is 0.479. The summed E-state index contributed by atoms with van der Waals surface area (Å²) in [5, 5.41) is 20.3. The highest BCUT2D eigenvalue weighted by Crippen LogP contribution is 2.41. The largest absolute Gasteiger partial charge is 0.481 e. The lowest BCUT2D eigenvalue weighted by atomic mass is 9.85. The fourth-order valence-electron chi connectivity index (χ4n) is 5.19. The van der Waals surface area contributed by atoms with Gasteiger partial charge in [0, 0.05) is 30.0 Å². The minimum atomic E-state index is -1.00. The van der Waals surface area contributed by atoms with E-state index in [0.29, 0.717) is 30.6 Å². The number of amides is 1. The normalized spacial score (nSPS) is 16.8. The Morgan fingerprint density at radius 2 is 1.71 bits per heavy atom. The molecule has 1 aromatic heterocycles. The average molecular weight is 473 g/mol. The van der Waals surface area contributed by atoms with Crippen LogP contribution in [0, 0.1) is 11.3 Å². The Hall–Kier alpha value is -3.74. The van der Waals surface area contributed by atoms with Gasteiger partial charge in [0.1, 0.15) is 0 Å². The molecule has 5 rings (SSSR count). The van der Waals surface area contributed by atoms with Crippen molar-refractivity contribution in [2.75, 3.05) is 6.54 Å². The van der Waals surface area contributed by atoms with E-state index in [-0.39, 0.29) is 23.9 Å². The molecule has 2 aliphatic rings. The lowest BCUT2D eigenvalue weighted by Crippen LogP contribution is -2.44. The van der Waals surface area contributed by atoms with Crippen molar-refractivity contribution in [1.29, 1.82) is 0 Å². The van der Waals surface area contributed by atoms with Crippen molar-refractivity contribution in [1.82, 2.24) is 9.88 Å². The number of benzene rings is 2. The van der Waals surface area contributed by atoms with Crippen LogP contribution >= 0.6 is 0 Å². The zero-order chi connectivity index (χ0) is 24.6. The second-order valence-electron chi connectivity index (χ2n) is 9.84. The number of carbonyl (C=O) groups is 3. The minimum absolute atomic E-state index is 0.0150. The van der Waals surface area contributed by atoms with Gasteiger partial charge in [0.2, 0.25) is 5.91 Å². The van der Waals surface area contributed by atoms with Gasteiger partial charge in [0.15, 0.2) is 0 Å². The van der Waals surface area contributed by atoms with E-state index in [4.69, 9.17) is 0 Å². The van der Waals surface area contributed by atoms with E-state index in [1.807, 2.05) is 24.3 Å². The minimum Gasteiger partial charge on any atom is -0.481 e. The number of aromatic carboxylic acids is 1. The molecule has 2 saturated carbocycles. The number of carboxylic acid groups (broad SMARTS) is 2. The maximum Gasteiger partial charge on any atom is 0.336 e. The molecule has 0 radical (unpaired) electrons. The molecule has 1 heterocycles. The molecule has 2 aliphatic carbocycles. The van der Waals surface area contributed by atoms with Gasteiger partial charge in [-0.15, -0.1) is 0 Å². The van der Waals surface area contributed by atoms with Crippen LogP contribution in [-0.2, 0) is 16.1 Å². The number of fused-ring (bicyclic) bond motifs is 1. The number of aromatic nitrogens is 1. The summed E-state index contributed by atoms with van der Waals surface area (Å²) in [5.74, 6) is -1.74. The first-order chi connectivity index (χ1) is 16.9. The SMILES string of the molecule is O=C(O)c1ccccc1-c1ccc2cc(CN(CC3(C(=O)O)CCCC3)C(=O)C3CC3)ccc2n1. The van der Waals surface area contributed by atoms with Gasteiger partial charge >= 0.3 is 11.9 Å². The van der Waals surface area contributed by atoms with Crippen molar-refractivity contribution in [2.24, 2.45) is 11.3 Å². The van der Waals surface area contributed by atoms with Gasteiger partial charge in [0.25, 0.3) is 0 Å². The van der Waals surface area contributed by atoms with Crippen molar-refractivity contribution in [3.63, 3.8) is 0 Å². The zero-order valence-electron chi connectivity index (χ0n) is 19.4. The molecular formula is C28H28N2O5. The second kappa shape index (κ2) is 9.13. The van der Waals surface area contributed by atoms with E-state index in [1.54, 1.807) is 35.2 Å². The number of rotatable bonds is 8. The van der Waals surface area contributed by atoms with Gasteiger partial charge in [-0.25, -0.2) is 9.78 Å². The topological polar surface area (TPSA) is 108 Å². The van der Waals surface area contributed by atoms with Crippen LogP contribution < -0.4 is 0 Å². The highest BCUT2D eigenvalue weighted by Gasteiger charge is 2.45. The van der Waals surface area contributed by atoms with Crippen LogP contribution in [0.15, 0.2) is 54.6 Å². The third kappa shape index (κ3) is 4.63. The first-order valence-corrected chi connectivity index (χ1v) is 12.1. The van der Waals surface area contributed by atoms with Crippen LogP contribution in [0.1, 0.15) is 54.4 Å². The van der Waals surface area contributed by atoms with Crippen molar-refractivity contribution in [3.05, 3.63) is 65.7 Å². The molecule has 0 saturated heterocycles. The molecular weight excluding hydrogens is 444 g/mol. The van der Waals surface area contributed by atoms with E-state index < -0.39 is 17.4 Å². The second-order valence-corrected chi connectivity index (χ2v) is 9.84. The van der Waals surface area contributed by atoms with Crippen molar-refractivity contribution in [3.8, 4) is 11.3 Å². The molecule has 0 atom stereocenters. The molecule has 0 spiro atoms. The Bertz CT molecular complexity index is 1310. The molecule has 0 unspecified atom stereocenters. The number of hydrogen-bond acceptors (Lipinski definition) is 4. The number of pyridine rings is 1. The first-order valence-electron chi connectivity index (χ1n) is 12.1. The predicted octanol–water partition coefficient (Wildman–Crippen LogP) is 4.98. The number of hydrogen-bond donors (Lipinski definition) is 2. The molecule has 7 nitrogen and oxygen atoms in total. The van der Waals surface area contributed by atoms with Crippen molar-refractivity contribution in [2.45, 2.75) is 45.1 Å². The highest BCUT2D eigenvalue weighted by molar-refractivity contribution is 5.96. The Morgan fingerprint density at radius 1 is 0.971 bits per heavy atom. The van der Waals surface area contributed by atoms with Gasteiger partial charge in [0.05, 0.1) is 22.2 Å². The molecule has 2 N–H and O–H groups in total. The molecule has 35 heavy (non-hydrogen) atoms. The van der Waals surface area contributed by atoms with E-state index in [2.05, 4.69) is 4.98 Å². The summed E-state index contributed by atoms with van der Waals surface area (Å²) in [7, 11) is 0. The van der Waals surface area contributed by atoms with Crippen LogP contribution in [0.5, 0.6) is 0 Å². The molecule has 1 amide bonds. The molecule has 0 aliphatic heterocycles. The van der Waals surface area contributed by atoms with Crippen LogP contribution in [0.3, 0.4) is 0 Å². The van der Waals surface area contributed by atoms with Crippen molar-refractivity contribution < 1.29 is 24.6 Å². The van der Waals surface area contributed by atoms with E-state index >= 15 is 0 Å². The maximum atomic E-state index is 13.1. The summed E-state index contributed by atoms with van der Waals surface area (Å²) in [5.41, 5.74) is 2.13. The van der Waals surface area contributed by atoms with Gasteiger partial charge in [-0.2, -0.15) is 0 Å². The molecule has 3 aromatic rings. The molecule has 7 heteroatoms. The van der Waals surface area contributed by atoms with Gasteiger partial charge in [-0.3, -0.25) is 9.59 Å². The Kier molecular flexibility index (Phi) is 6.01. The van der Waals surface area contributed by atoms with Gasteiger partial charge < -0.3 is 15.1 Å². The highest BCUT2D eigenvalue weighted by atomic mass is 16.4. The molecule has 180 valence electrons. The fraction of sp³-hybridized carbons (Fsp3) is 0.357. The molecule has 2 aromatic carbocycles. The number of carbonyl (C=O) groups excluding carboxylic acids is 1. The monoisotopic (exact) mass is 472 g/mol. The molecule has 2 fully saturated rings.